The van der Waals surface area contributed by atoms with Crippen LogP contribution in [0, 0.1) is 0 Å². The second-order valence-corrected chi connectivity index (χ2v) is 4.50. The van der Waals surface area contributed by atoms with E-state index in [-0.39, 0.29) is 21.4 Å². The molecular formula is C12H12Cl2O4. The van der Waals surface area contributed by atoms with E-state index in [1.807, 2.05) is 6.92 Å². The Hall–Kier alpha value is -1.26. The number of ether oxygens (including phenoxy) is 1. The fourth-order valence-corrected chi connectivity index (χ4v) is 1.98. The number of carbonyl (C=O) groups is 2. The maximum atomic E-state index is 11.0. The van der Waals surface area contributed by atoms with Gasteiger partial charge in [-0.15, -0.1) is 0 Å². The zero-order chi connectivity index (χ0) is 13.7. The summed E-state index contributed by atoms with van der Waals surface area (Å²) in [6.45, 7) is 1.84. The van der Waals surface area contributed by atoms with Crippen molar-refractivity contribution in [1.29, 1.82) is 0 Å². The number of benzene rings is 1. The third-order valence-corrected chi connectivity index (χ3v) is 2.75. The van der Waals surface area contributed by atoms with Crippen molar-refractivity contribution in [3.05, 3.63) is 27.7 Å². The van der Waals surface area contributed by atoms with E-state index in [1.54, 1.807) is 0 Å². The van der Waals surface area contributed by atoms with E-state index in [1.165, 1.54) is 12.1 Å². The number of aliphatic carboxylic acids is 1. The van der Waals surface area contributed by atoms with Crippen LogP contribution >= 0.6 is 23.2 Å². The van der Waals surface area contributed by atoms with Gasteiger partial charge in [0, 0.05) is 5.02 Å². The molecule has 1 atom stereocenters. The van der Waals surface area contributed by atoms with E-state index in [9.17, 15) is 9.59 Å². The summed E-state index contributed by atoms with van der Waals surface area (Å²) in [5.74, 6) is -1.04. The van der Waals surface area contributed by atoms with Crippen molar-refractivity contribution >= 4 is 35.5 Å². The van der Waals surface area contributed by atoms with Crippen LogP contribution in [0.25, 0.3) is 0 Å². The molecule has 0 amide bonds. The van der Waals surface area contributed by atoms with Crippen molar-refractivity contribution in [3.63, 3.8) is 0 Å². The standard InChI is InChI=1S/C12H12Cl2O4/c1-2-3-10(12(16)17)18-11-7(6-15)4-8(13)5-9(11)14/h4-6,10H,2-3H2,1H3,(H,16,17). The average molecular weight is 291 g/mol. The fraction of sp³-hybridized carbons (Fsp3) is 0.333. The Morgan fingerprint density at radius 2 is 2.17 bits per heavy atom. The van der Waals surface area contributed by atoms with E-state index in [0.717, 1.165) is 0 Å². The smallest absolute Gasteiger partial charge is 0.344 e. The first-order valence-electron chi connectivity index (χ1n) is 5.33. The molecule has 0 saturated heterocycles. The molecule has 0 fully saturated rings. The van der Waals surface area contributed by atoms with Crippen LogP contribution in [0.5, 0.6) is 5.75 Å². The third kappa shape index (κ3) is 3.62. The van der Waals surface area contributed by atoms with Crippen LogP contribution in [0.3, 0.4) is 0 Å². The van der Waals surface area contributed by atoms with Crippen molar-refractivity contribution < 1.29 is 19.4 Å². The van der Waals surface area contributed by atoms with Gasteiger partial charge in [-0.25, -0.2) is 4.79 Å². The number of halogens is 2. The average Bonchev–Trinajstić information content (AvgIpc) is 2.30. The normalized spacial score (nSPS) is 11.9. The molecule has 98 valence electrons. The zero-order valence-corrected chi connectivity index (χ0v) is 11.2. The first-order chi connectivity index (χ1) is 8.49. The quantitative estimate of drug-likeness (QED) is 0.815. The Balaban J connectivity index is 3.08. The first kappa shape index (κ1) is 14.8. The molecule has 1 N–H and O–H groups in total. The summed E-state index contributed by atoms with van der Waals surface area (Å²) in [4.78, 5) is 21.9. The molecule has 0 radical (unpaired) electrons. The van der Waals surface area contributed by atoms with Crippen molar-refractivity contribution in [1.82, 2.24) is 0 Å². The van der Waals surface area contributed by atoms with Gasteiger partial charge in [0.2, 0.25) is 0 Å². The molecule has 18 heavy (non-hydrogen) atoms. The van der Waals surface area contributed by atoms with E-state index in [0.29, 0.717) is 19.1 Å². The molecule has 0 aliphatic heterocycles. The lowest BCUT2D eigenvalue weighted by atomic mass is 10.2. The van der Waals surface area contributed by atoms with Crippen molar-refractivity contribution in [2.24, 2.45) is 0 Å². The van der Waals surface area contributed by atoms with Gasteiger partial charge in [-0.05, 0) is 18.6 Å². The second kappa shape index (κ2) is 6.61. The van der Waals surface area contributed by atoms with Gasteiger partial charge in [-0.3, -0.25) is 4.79 Å². The van der Waals surface area contributed by atoms with Crippen LogP contribution in [0.15, 0.2) is 12.1 Å². The molecule has 1 rings (SSSR count). The van der Waals surface area contributed by atoms with E-state index < -0.39 is 12.1 Å². The molecule has 4 nitrogen and oxygen atoms in total. The lowest BCUT2D eigenvalue weighted by Crippen LogP contribution is -2.27. The summed E-state index contributed by atoms with van der Waals surface area (Å²) in [5.41, 5.74) is 0.134. The topological polar surface area (TPSA) is 63.6 Å². The van der Waals surface area contributed by atoms with Crippen molar-refractivity contribution in [2.45, 2.75) is 25.9 Å². The highest BCUT2D eigenvalue weighted by molar-refractivity contribution is 6.36. The first-order valence-corrected chi connectivity index (χ1v) is 6.08. The molecule has 0 aliphatic carbocycles. The minimum atomic E-state index is -1.10. The molecule has 0 spiro atoms. The lowest BCUT2D eigenvalue weighted by Gasteiger charge is -2.16. The molecule has 0 heterocycles. The van der Waals surface area contributed by atoms with Gasteiger partial charge in [0.05, 0.1) is 10.6 Å². The van der Waals surface area contributed by atoms with Gasteiger partial charge in [-0.2, -0.15) is 0 Å². The highest BCUT2D eigenvalue weighted by Crippen LogP contribution is 2.32. The second-order valence-electron chi connectivity index (χ2n) is 3.66. The highest BCUT2D eigenvalue weighted by Gasteiger charge is 2.21. The molecule has 0 aromatic heterocycles. The summed E-state index contributed by atoms with van der Waals surface area (Å²) in [7, 11) is 0. The molecule has 0 saturated carbocycles. The van der Waals surface area contributed by atoms with E-state index in [2.05, 4.69) is 0 Å². The summed E-state index contributed by atoms with van der Waals surface area (Å²) >= 11 is 11.6. The largest absolute Gasteiger partial charge is 0.479 e. The Bertz CT molecular complexity index is 460. The van der Waals surface area contributed by atoms with Crippen LogP contribution in [0.2, 0.25) is 10.0 Å². The SMILES string of the molecule is CCCC(Oc1c(Cl)cc(Cl)cc1C=O)C(=O)O. The number of carbonyl (C=O) groups excluding carboxylic acids is 1. The van der Waals surface area contributed by atoms with Crippen LogP contribution in [0.1, 0.15) is 30.1 Å². The number of rotatable bonds is 6. The monoisotopic (exact) mass is 290 g/mol. The number of hydrogen-bond acceptors (Lipinski definition) is 3. The summed E-state index contributed by atoms with van der Waals surface area (Å²) < 4.78 is 5.30. The predicted molar refractivity (Wildman–Crippen MR) is 68.8 cm³/mol. The minimum Gasteiger partial charge on any atom is -0.479 e. The van der Waals surface area contributed by atoms with E-state index >= 15 is 0 Å². The molecule has 6 heteroatoms. The fourth-order valence-electron chi connectivity index (χ4n) is 1.43. The van der Waals surface area contributed by atoms with Gasteiger partial charge >= 0.3 is 5.97 Å². The molecule has 0 bridgehead atoms. The minimum absolute atomic E-state index is 0.0527. The van der Waals surface area contributed by atoms with E-state index in [4.69, 9.17) is 33.0 Å². The Kier molecular flexibility index (Phi) is 5.44. The zero-order valence-electron chi connectivity index (χ0n) is 9.65. The summed E-state index contributed by atoms with van der Waals surface area (Å²) in [5, 5.41) is 9.40. The Morgan fingerprint density at radius 1 is 1.50 bits per heavy atom. The molecule has 0 aliphatic rings. The van der Waals surface area contributed by atoms with Gasteiger partial charge in [0.15, 0.2) is 12.4 Å². The Labute approximate surface area is 114 Å². The number of carboxylic acid groups (broad SMARTS) is 1. The van der Waals surface area contributed by atoms with Crippen LogP contribution < -0.4 is 4.74 Å². The van der Waals surface area contributed by atoms with Crippen molar-refractivity contribution in [2.75, 3.05) is 0 Å². The summed E-state index contributed by atoms with van der Waals surface area (Å²) in [6.07, 6.45) is 0.454. The number of carboxylic acids is 1. The number of hydrogen-bond donors (Lipinski definition) is 1. The molecule has 1 aromatic rings. The van der Waals surface area contributed by atoms with Gasteiger partial charge in [-0.1, -0.05) is 36.5 Å². The molecule has 1 unspecified atom stereocenters. The van der Waals surface area contributed by atoms with Gasteiger partial charge in [0.25, 0.3) is 0 Å². The third-order valence-electron chi connectivity index (χ3n) is 2.25. The van der Waals surface area contributed by atoms with Gasteiger partial charge < -0.3 is 9.84 Å². The lowest BCUT2D eigenvalue weighted by molar-refractivity contribution is -0.145. The number of aldehydes is 1. The van der Waals surface area contributed by atoms with Crippen LogP contribution in [-0.2, 0) is 4.79 Å². The molecule has 1 aromatic carbocycles. The van der Waals surface area contributed by atoms with Crippen LogP contribution in [-0.4, -0.2) is 23.5 Å². The van der Waals surface area contributed by atoms with Crippen molar-refractivity contribution in [3.8, 4) is 5.75 Å². The van der Waals surface area contributed by atoms with Gasteiger partial charge in [0.1, 0.15) is 5.75 Å². The summed E-state index contributed by atoms with van der Waals surface area (Å²) in [6, 6.07) is 2.77. The maximum Gasteiger partial charge on any atom is 0.344 e. The predicted octanol–water partition coefficient (Wildman–Crippen LogP) is 3.44. The maximum absolute atomic E-state index is 11.0. The molecular weight excluding hydrogens is 279 g/mol. The Morgan fingerprint density at radius 3 is 2.67 bits per heavy atom. The van der Waals surface area contributed by atoms with Crippen LogP contribution in [0.4, 0.5) is 0 Å². The highest BCUT2D eigenvalue weighted by atomic mass is 35.5.